The van der Waals surface area contributed by atoms with Crippen LogP contribution in [0.25, 0.3) is 0 Å². The number of nitrogens with one attached hydrogen (secondary N) is 1. The molecule has 1 aromatic rings. The van der Waals surface area contributed by atoms with Gasteiger partial charge in [-0.25, -0.2) is 13.8 Å². The molecular formula is C15H19F3N2O3S. The second-order valence-corrected chi connectivity index (χ2v) is 8.70. The van der Waals surface area contributed by atoms with Gasteiger partial charge in [-0.05, 0) is 38.5 Å². The maximum atomic E-state index is 12.6. The second kappa shape index (κ2) is 5.94. The van der Waals surface area contributed by atoms with Crippen LogP contribution in [0.3, 0.4) is 0 Å². The van der Waals surface area contributed by atoms with Crippen molar-refractivity contribution in [2.75, 3.05) is 13.1 Å². The van der Waals surface area contributed by atoms with Crippen molar-refractivity contribution in [2.45, 2.75) is 42.7 Å². The number of likely N-dealkylation sites (tertiary alicyclic amines) is 1. The van der Waals surface area contributed by atoms with Crippen LogP contribution in [0.5, 0.6) is 0 Å². The minimum absolute atomic E-state index is 0.0146. The van der Waals surface area contributed by atoms with Crippen LogP contribution in [-0.4, -0.2) is 39.4 Å². The zero-order valence-corrected chi connectivity index (χ0v) is 14.3. The van der Waals surface area contributed by atoms with E-state index in [1.807, 2.05) is 0 Å². The molecule has 1 unspecified atom stereocenters. The van der Waals surface area contributed by atoms with Gasteiger partial charge in [0.1, 0.15) is 5.60 Å². The number of halogens is 3. The van der Waals surface area contributed by atoms with E-state index in [4.69, 9.17) is 9.52 Å². The molecule has 134 valence electrons. The summed E-state index contributed by atoms with van der Waals surface area (Å²) in [6.07, 6.45) is -0.429. The number of benzene rings is 1. The molecule has 1 atom stereocenters. The molecule has 1 aliphatic heterocycles. The molecule has 0 aliphatic carbocycles. The van der Waals surface area contributed by atoms with Crippen LogP contribution in [0, 0.1) is 4.78 Å². The monoisotopic (exact) mass is 364 g/mol. The first-order valence-electron chi connectivity index (χ1n) is 7.24. The number of ether oxygens (including phenoxy) is 1. The Balaban J connectivity index is 2.01. The molecule has 1 heterocycles. The second-order valence-electron chi connectivity index (χ2n) is 6.65. The van der Waals surface area contributed by atoms with Gasteiger partial charge in [-0.15, -0.1) is 0 Å². The fourth-order valence-corrected chi connectivity index (χ4v) is 3.02. The Bertz CT molecular complexity index is 716. The number of rotatable bonds is 2. The van der Waals surface area contributed by atoms with Gasteiger partial charge in [0.05, 0.1) is 4.90 Å². The van der Waals surface area contributed by atoms with Gasteiger partial charge in [0.2, 0.25) is 0 Å². The van der Waals surface area contributed by atoms with Crippen LogP contribution in [0.4, 0.5) is 18.0 Å². The Morgan fingerprint density at radius 3 is 2.12 bits per heavy atom. The molecular weight excluding hydrogens is 345 g/mol. The van der Waals surface area contributed by atoms with Crippen LogP contribution in [0.1, 0.15) is 32.3 Å². The van der Waals surface area contributed by atoms with Crippen molar-refractivity contribution >= 4 is 15.8 Å². The number of hydrogen-bond acceptors (Lipinski definition) is 4. The van der Waals surface area contributed by atoms with E-state index in [0.717, 1.165) is 17.7 Å². The molecule has 1 N–H and O–H groups in total. The van der Waals surface area contributed by atoms with E-state index in [-0.39, 0.29) is 5.92 Å². The van der Waals surface area contributed by atoms with Crippen molar-refractivity contribution in [3.8, 4) is 0 Å². The largest absolute Gasteiger partial charge is 0.483 e. The van der Waals surface area contributed by atoms with Gasteiger partial charge in [-0.1, -0.05) is 12.1 Å². The summed E-state index contributed by atoms with van der Waals surface area (Å²) in [6.45, 7) is 6.10. The van der Waals surface area contributed by atoms with Crippen LogP contribution >= 0.6 is 0 Å². The van der Waals surface area contributed by atoms with Crippen molar-refractivity contribution in [3.63, 3.8) is 0 Å². The summed E-state index contributed by atoms with van der Waals surface area (Å²) in [5.41, 5.74) is -4.95. The molecule has 0 bridgehead atoms. The summed E-state index contributed by atoms with van der Waals surface area (Å²) in [4.78, 5) is 12.8. The Morgan fingerprint density at radius 1 is 1.21 bits per heavy atom. The lowest BCUT2D eigenvalue weighted by Crippen LogP contribution is -2.50. The van der Waals surface area contributed by atoms with E-state index in [0.29, 0.717) is 13.1 Å². The minimum atomic E-state index is -5.10. The first-order chi connectivity index (χ1) is 10.8. The predicted molar refractivity (Wildman–Crippen MR) is 82.2 cm³/mol. The molecule has 5 nitrogen and oxygen atoms in total. The van der Waals surface area contributed by atoms with Crippen molar-refractivity contribution in [1.82, 2.24) is 4.90 Å². The number of hydrogen-bond donors (Lipinski definition) is 1. The molecule has 0 spiro atoms. The Hall–Kier alpha value is -1.77. The predicted octanol–water partition coefficient (Wildman–Crippen LogP) is 3.95. The Morgan fingerprint density at radius 2 is 1.71 bits per heavy atom. The summed E-state index contributed by atoms with van der Waals surface area (Å²) in [6, 6.07) is 4.97. The lowest BCUT2D eigenvalue weighted by atomic mass is 9.92. The number of carbonyl (C=O) groups is 1. The highest BCUT2D eigenvalue weighted by molar-refractivity contribution is 7.93. The minimum Gasteiger partial charge on any atom is -0.444 e. The molecule has 9 heteroatoms. The van der Waals surface area contributed by atoms with Crippen LogP contribution < -0.4 is 0 Å². The molecule has 1 amide bonds. The van der Waals surface area contributed by atoms with Gasteiger partial charge < -0.3 is 9.64 Å². The number of alkyl halides is 3. The summed E-state index contributed by atoms with van der Waals surface area (Å²) in [7, 11) is -4.84. The van der Waals surface area contributed by atoms with Crippen molar-refractivity contribution in [2.24, 2.45) is 0 Å². The maximum Gasteiger partial charge on any atom is 0.483 e. The lowest BCUT2D eigenvalue weighted by molar-refractivity contribution is -0.0407. The summed E-state index contributed by atoms with van der Waals surface area (Å²) >= 11 is 0. The van der Waals surface area contributed by atoms with Gasteiger partial charge in [-0.2, -0.15) is 13.2 Å². The van der Waals surface area contributed by atoms with Crippen molar-refractivity contribution in [3.05, 3.63) is 29.8 Å². The van der Waals surface area contributed by atoms with E-state index in [9.17, 15) is 22.2 Å². The Kier molecular flexibility index (Phi) is 4.60. The van der Waals surface area contributed by atoms with Crippen molar-refractivity contribution < 1.29 is 26.9 Å². The highest BCUT2D eigenvalue weighted by Gasteiger charge is 2.43. The third-order valence-corrected chi connectivity index (χ3v) is 5.13. The van der Waals surface area contributed by atoms with Gasteiger partial charge >= 0.3 is 11.6 Å². The summed E-state index contributed by atoms with van der Waals surface area (Å²) in [5.74, 6) is -0.0146. The number of nitrogens with zero attached hydrogens (tertiary/aromatic N) is 1. The summed E-state index contributed by atoms with van der Waals surface area (Å²) in [5, 5.41) is 0. The van der Waals surface area contributed by atoms with E-state index in [1.54, 1.807) is 20.8 Å². The molecule has 0 radical (unpaired) electrons. The van der Waals surface area contributed by atoms with Gasteiger partial charge in [0, 0.05) is 19.0 Å². The lowest BCUT2D eigenvalue weighted by Gasteiger charge is -2.40. The molecule has 0 aromatic heterocycles. The third kappa shape index (κ3) is 3.82. The standard InChI is InChI=1S/C15H19F3N2O3S/c1-14(2,3)23-13(21)20-8-11(9-20)10-4-6-12(7-5-10)24(19,22)15(16,17)18/h4-7,11,19H,8-9H2,1-3H3. The van der Waals surface area contributed by atoms with E-state index in [1.165, 1.54) is 17.0 Å². The maximum absolute atomic E-state index is 12.6. The zero-order chi connectivity index (χ0) is 18.3. The number of carbonyl (C=O) groups excluding carboxylic acids is 1. The topological polar surface area (TPSA) is 70.5 Å². The smallest absolute Gasteiger partial charge is 0.444 e. The zero-order valence-electron chi connectivity index (χ0n) is 13.5. The first-order valence-corrected chi connectivity index (χ1v) is 8.80. The molecule has 1 fully saturated rings. The average molecular weight is 364 g/mol. The molecule has 1 aromatic carbocycles. The van der Waals surface area contributed by atoms with E-state index < -0.39 is 31.8 Å². The highest BCUT2D eigenvalue weighted by atomic mass is 32.2. The normalized spacial score (nSPS) is 18.7. The molecule has 1 saturated heterocycles. The highest BCUT2D eigenvalue weighted by Crippen LogP contribution is 2.33. The van der Waals surface area contributed by atoms with Crippen LogP contribution in [0.2, 0.25) is 0 Å². The SMILES string of the molecule is CC(C)(C)OC(=O)N1CC(c2ccc(S(=N)(=O)C(F)(F)F)cc2)C1. The number of amides is 1. The molecule has 2 rings (SSSR count). The molecule has 1 aliphatic rings. The fraction of sp³-hybridized carbons (Fsp3) is 0.533. The van der Waals surface area contributed by atoms with E-state index >= 15 is 0 Å². The molecule has 0 saturated carbocycles. The fourth-order valence-electron chi connectivity index (χ4n) is 2.23. The van der Waals surface area contributed by atoms with Gasteiger partial charge in [0.25, 0.3) is 0 Å². The van der Waals surface area contributed by atoms with Crippen molar-refractivity contribution in [1.29, 1.82) is 4.78 Å². The third-order valence-electron chi connectivity index (χ3n) is 3.54. The van der Waals surface area contributed by atoms with Crippen LogP contribution in [-0.2, 0) is 14.5 Å². The summed E-state index contributed by atoms with van der Waals surface area (Å²) < 4.78 is 61.6. The van der Waals surface area contributed by atoms with Crippen LogP contribution in [0.15, 0.2) is 29.2 Å². The average Bonchev–Trinajstić information content (AvgIpc) is 2.34. The Labute approximate surface area is 138 Å². The first kappa shape index (κ1) is 18.6. The van der Waals surface area contributed by atoms with Gasteiger partial charge in [0.15, 0.2) is 9.73 Å². The quantitative estimate of drug-likeness (QED) is 0.864. The molecule has 24 heavy (non-hydrogen) atoms. The van der Waals surface area contributed by atoms with E-state index in [2.05, 4.69) is 0 Å². The van der Waals surface area contributed by atoms with Gasteiger partial charge in [-0.3, -0.25) is 0 Å².